The summed E-state index contributed by atoms with van der Waals surface area (Å²) in [6.45, 7) is 1.39. The first-order valence-electron chi connectivity index (χ1n) is 7.14. The molecule has 2 aromatic rings. The first-order valence-corrected chi connectivity index (χ1v) is 8.58. The fourth-order valence-electron chi connectivity index (χ4n) is 2.26. The summed E-state index contributed by atoms with van der Waals surface area (Å²) in [5, 5.41) is 3.84. The molecule has 0 aliphatic carbocycles. The molecular formula is C13H17N5O3S. The number of aromatic nitrogens is 3. The molecule has 0 spiro atoms. The van der Waals surface area contributed by atoms with Gasteiger partial charge >= 0.3 is 0 Å². The van der Waals surface area contributed by atoms with Crippen molar-refractivity contribution in [3.05, 3.63) is 30.3 Å². The predicted molar refractivity (Wildman–Crippen MR) is 79.0 cm³/mol. The Bertz CT molecular complexity index is 710. The average molecular weight is 323 g/mol. The Labute approximate surface area is 128 Å². The molecule has 1 N–H and O–H groups in total. The maximum absolute atomic E-state index is 12.0. The van der Waals surface area contributed by atoms with Gasteiger partial charge in [-0.25, -0.2) is 4.72 Å². The second-order valence-electron chi connectivity index (χ2n) is 4.98. The predicted octanol–water partition coefficient (Wildman–Crippen LogP) is 0.604. The third-order valence-corrected chi connectivity index (χ3v) is 5.00. The Morgan fingerprint density at radius 3 is 2.82 bits per heavy atom. The van der Waals surface area contributed by atoms with Crippen LogP contribution in [0, 0.1) is 0 Å². The van der Waals surface area contributed by atoms with Gasteiger partial charge in [-0.05, 0) is 25.0 Å². The van der Waals surface area contributed by atoms with E-state index >= 15 is 0 Å². The van der Waals surface area contributed by atoms with E-state index in [2.05, 4.69) is 19.8 Å². The van der Waals surface area contributed by atoms with Crippen LogP contribution in [0.3, 0.4) is 0 Å². The summed E-state index contributed by atoms with van der Waals surface area (Å²) < 4.78 is 33.1. The molecule has 1 saturated heterocycles. The first-order chi connectivity index (χ1) is 10.6. The van der Waals surface area contributed by atoms with Crippen LogP contribution in [0.25, 0.3) is 11.5 Å². The van der Waals surface area contributed by atoms with Crippen LogP contribution in [0.4, 0.5) is 0 Å². The van der Waals surface area contributed by atoms with Crippen molar-refractivity contribution in [2.24, 2.45) is 0 Å². The lowest BCUT2D eigenvalue weighted by molar-refractivity contribution is 0.378. The number of nitrogens with zero attached hydrogens (tertiary/aromatic N) is 4. The van der Waals surface area contributed by atoms with Gasteiger partial charge in [0.05, 0.1) is 0 Å². The van der Waals surface area contributed by atoms with Gasteiger partial charge in [0.1, 0.15) is 5.69 Å². The third-order valence-electron chi connectivity index (χ3n) is 3.39. The molecule has 3 heterocycles. The van der Waals surface area contributed by atoms with Crippen LogP contribution in [0.2, 0.25) is 0 Å². The van der Waals surface area contributed by atoms with Crippen LogP contribution >= 0.6 is 0 Å². The molecule has 0 bridgehead atoms. The second-order valence-corrected chi connectivity index (χ2v) is 6.74. The van der Waals surface area contributed by atoms with Gasteiger partial charge in [0.25, 0.3) is 10.2 Å². The van der Waals surface area contributed by atoms with E-state index in [1.54, 1.807) is 18.3 Å². The van der Waals surface area contributed by atoms with Crippen molar-refractivity contribution in [1.82, 2.24) is 24.2 Å². The maximum Gasteiger partial charge on any atom is 0.279 e. The van der Waals surface area contributed by atoms with Crippen molar-refractivity contribution >= 4 is 10.2 Å². The van der Waals surface area contributed by atoms with Gasteiger partial charge < -0.3 is 4.52 Å². The lowest BCUT2D eigenvalue weighted by atomic mass is 10.3. The van der Waals surface area contributed by atoms with E-state index in [-0.39, 0.29) is 6.54 Å². The topological polar surface area (TPSA) is 101 Å². The normalized spacial score (nSPS) is 16.2. The standard InChI is InChI=1S/C13H17N5O3S/c19-22(20,18-9-3-4-10-18)15-8-6-12-16-13(17-21-12)11-5-1-2-7-14-11/h1-2,5,7,15H,3-4,6,8-10H2. The fourth-order valence-corrected chi connectivity index (χ4v) is 3.54. The minimum absolute atomic E-state index is 0.225. The summed E-state index contributed by atoms with van der Waals surface area (Å²) >= 11 is 0. The van der Waals surface area contributed by atoms with Gasteiger partial charge in [0.15, 0.2) is 0 Å². The highest BCUT2D eigenvalue weighted by Gasteiger charge is 2.24. The van der Waals surface area contributed by atoms with Crippen LogP contribution in [0.5, 0.6) is 0 Å². The lowest BCUT2D eigenvalue weighted by Gasteiger charge is -2.15. The Morgan fingerprint density at radius 2 is 2.09 bits per heavy atom. The molecule has 0 aromatic carbocycles. The van der Waals surface area contributed by atoms with Crippen molar-refractivity contribution in [2.75, 3.05) is 19.6 Å². The Morgan fingerprint density at radius 1 is 1.27 bits per heavy atom. The maximum atomic E-state index is 12.0. The molecule has 0 unspecified atom stereocenters. The molecule has 1 aliphatic heterocycles. The van der Waals surface area contributed by atoms with E-state index in [0.717, 1.165) is 12.8 Å². The third kappa shape index (κ3) is 3.49. The number of hydrogen-bond acceptors (Lipinski definition) is 6. The number of hydrogen-bond donors (Lipinski definition) is 1. The molecule has 0 saturated carbocycles. The highest BCUT2D eigenvalue weighted by atomic mass is 32.2. The van der Waals surface area contributed by atoms with Crippen LogP contribution in [-0.2, 0) is 16.6 Å². The highest BCUT2D eigenvalue weighted by molar-refractivity contribution is 7.87. The quantitative estimate of drug-likeness (QED) is 0.835. The van der Waals surface area contributed by atoms with Gasteiger partial charge in [0, 0.05) is 32.3 Å². The molecule has 9 heteroatoms. The zero-order valence-corrected chi connectivity index (χ0v) is 12.8. The van der Waals surface area contributed by atoms with E-state index in [0.29, 0.717) is 36.9 Å². The fraction of sp³-hybridized carbons (Fsp3) is 0.462. The number of pyridine rings is 1. The zero-order valence-electron chi connectivity index (χ0n) is 12.0. The molecule has 22 heavy (non-hydrogen) atoms. The molecule has 0 atom stereocenters. The van der Waals surface area contributed by atoms with Crippen LogP contribution < -0.4 is 4.72 Å². The van der Waals surface area contributed by atoms with E-state index < -0.39 is 10.2 Å². The highest BCUT2D eigenvalue weighted by Crippen LogP contribution is 2.13. The minimum Gasteiger partial charge on any atom is -0.339 e. The summed E-state index contributed by atoms with van der Waals surface area (Å²) in [5.41, 5.74) is 0.621. The van der Waals surface area contributed by atoms with Crippen LogP contribution in [0.15, 0.2) is 28.9 Å². The van der Waals surface area contributed by atoms with Crippen molar-refractivity contribution in [3.8, 4) is 11.5 Å². The molecule has 2 aromatic heterocycles. The summed E-state index contributed by atoms with van der Waals surface area (Å²) in [7, 11) is -3.39. The van der Waals surface area contributed by atoms with Gasteiger partial charge in [-0.1, -0.05) is 11.2 Å². The molecule has 0 radical (unpaired) electrons. The largest absolute Gasteiger partial charge is 0.339 e. The van der Waals surface area contributed by atoms with E-state index in [1.165, 1.54) is 4.31 Å². The van der Waals surface area contributed by atoms with Crippen molar-refractivity contribution in [1.29, 1.82) is 0 Å². The molecule has 118 valence electrons. The van der Waals surface area contributed by atoms with Gasteiger partial charge in [-0.2, -0.15) is 17.7 Å². The Balaban J connectivity index is 1.55. The lowest BCUT2D eigenvalue weighted by Crippen LogP contribution is -2.39. The van der Waals surface area contributed by atoms with E-state index in [9.17, 15) is 8.42 Å². The SMILES string of the molecule is O=S(=O)(NCCc1nc(-c2ccccn2)no1)N1CCCC1. The summed E-state index contributed by atoms with van der Waals surface area (Å²) in [6.07, 6.45) is 3.82. The summed E-state index contributed by atoms with van der Waals surface area (Å²) in [6, 6.07) is 5.42. The molecular weight excluding hydrogens is 306 g/mol. The summed E-state index contributed by atoms with van der Waals surface area (Å²) in [4.78, 5) is 8.34. The number of nitrogens with one attached hydrogen (secondary N) is 1. The van der Waals surface area contributed by atoms with Crippen LogP contribution in [-0.4, -0.2) is 47.5 Å². The van der Waals surface area contributed by atoms with Gasteiger partial charge in [0.2, 0.25) is 11.7 Å². The van der Waals surface area contributed by atoms with Gasteiger partial charge in [-0.3, -0.25) is 4.98 Å². The first kappa shape index (κ1) is 15.1. The smallest absolute Gasteiger partial charge is 0.279 e. The minimum atomic E-state index is -3.39. The van der Waals surface area contributed by atoms with E-state index in [1.807, 2.05) is 6.07 Å². The average Bonchev–Trinajstić information content (AvgIpc) is 3.20. The molecule has 8 nitrogen and oxygen atoms in total. The van der Waals surface area contributed by atoms with Crippen molar-refractivity contribution in [2.45, 2.75) is 19.3 Å². The monoisotopic (exact) mass is 323 g/mol. The van der Waals surface area contributed by atoms with Crippen LogP contribution in [0.1, 0.15) is 18.7 Å². The molecule has 1 fully saturated rings. The molecule has 3 rings (SSSR count). The zero-order chi connectivity index (χ0) is 15.4. The van der Waals surface area contributed by atoms with E-state index in [4.69, 9.17) is 4.52 Å². The number of rotatable bonds is 6. The van der Waals surface area contributed by atoms with Crippen molar-refractivity contribution in [3.63, 3.8) is 0 Å². The molecule has 0 amide bonds. The Kier molecular flexibility index (Phi) is 4.46. The Hall–Kier alpha value is -1.84. The summed E-state index contributed by atoms with van der Waals surface area (Å²) in [5.74, 6) is 0.780. The molecule has 1 aliphatic rings. The van der Waals surface area contributed by atoms with Crippen molar-refractivity contribution < 1.29 is 12.9 Å². The van der Waals surface area contributed by atoms with Gasteiger partial charge in [-0.15, -0.1) is 0 Å². The second kappa shape index (κ2) is 6.51.